The number of hydrogen-bond acceptors (Lipinski definition) is 5. The summed E-state index contributed by atoms with van der Waals surface area (Å²) in [7, 11) is -3.97. The van der Waals surface area contributed by atoms with Crippen LogP contribution in [0, 0.1) is 0 Å². The summed E-state index contributed by atoms with van der Waals surface area (Å²) in [4.78, 5) is 9.17. The second kappa shape index (κ2) is 3.01. The lowest BCUT2D eigenvalue weighted by molar-refractivity contribution is -0.0325. The lowest BCUT2D eigenvalue weighted by Gasteiger charge is -2.22. The fraction of sp³-hybridized carbons (Fsp3) is 1.00. The minimum absolute atomic E-state index is 0.256. The Balaban J connectivity index is 2.30. The zero-order chi connectivity index (χ0) is 10.6. The summed E-state index contributed by atoms with van der Waals surface area (Å²) >= 11 is 0. The molecule has 2 unspecified atom stereocenters. The summed E-state index contributed by atoms with van der Waals surface area (Å²) in [5.74, 6) is 0. The first-order valence-electron chi connectivity index (χ1n) is 4.37. The molecule has 82 valence electrons. The van der Waals surface area contributed by atoms with E-state index in [-0.39, 0.29) is 12.7 Å². The van der Waals surface area contributed by atoms with Crippen molar-refractivity contribution in [2.75, 3.05) is 6.61 Å². The van der Waals surface area contributed by atoms with Gasteiger partial charge in [0.2, 0.25) is 0 Å². The number of ether oxygens (including phenoxy) is 1. The van der Waals surface area contributed by atoms with Crippen molar-refractivity contribution < 1.29 is 28.3 Å². The summed E-state index contributed by atoms with van der Waals surface area (Å²) in [5.41, 5.74) is -0.947. The average molecular weight is 224 g/mol. The van der Waals surface area contributed by atoms with E-state index in [0.29, 0.717) is 0 Å². The van der Waals surface area contributed by atoms with Crippen molar-refractivity contribution >= 4 is 7.82 Å². The molecule has 2 rings (SSSR count). The van der Waals surface area contributed by atoms with Crippen LogP contribution in [0.1, 0.15) is 13.8 Å². The zero-order valence-corrected chi connectivity index (χ0v) is 8.81. The highest BCUT2D eigenvalue weighted by Crippen LogP contribution is 2.61. The number of phosphoric acid groups is 1. The Labute approximate surface area is 81.4 Å². The van der Waals surface area contributed by atoms with Gasteiger partial charge in [-0.3, -0.25) is 9.05 Å². The minimum Gasteiger partial charge on any atom is -0.394 e. The average Bonchev–Trinajstić information content (AvgIpc) is 2.42. The fourth-order valence-corrected chi connectivity index (χ4v) is 3.34. The van der Waals surface area contributed by atoms with E-state index < -0.39 is 25.6 Å². The van der Waals surface area contributed by atoms with Crippen molar-refractivity contribution in [3.05, 3.63) is 0 Å². The van der Waals surface area contributed by atoms with E-state index in [2.05, 4.69) is 0 Å². The van der Waals surface area contributed by atoms with Crippen molar-refractivity contribution in [3.8, 4) is 0 Å². The van der Waals surface area contributed by atoms with Gasteiger partial charge in [0, 0.05) is 0 Å². The lowest BCUT2D eigenvalue weighted by Crippen LogP contribution is -2.42. The Morgan fingerprint density at radius 2 is 2.21 bits per heavy atom. The monoisotopic (exact) mass is 224 g/mol. The van der Waals surface area contributed by atoms with E-state index >= 15 is 0 Å². The third-order valence-electron chi connectivity index (χ3n) is 2.83. The Kier molecular flexibility index (Phi) is 2.27. The maximum Gasteiger partial charge on any atom is 0.473 e. The Hall–Kier alpha value is 0.0300. The molecule has 0 aliphatic carbocycles. The lowest BCUT2D eigenvalue weighted by atomic mass is 9.94. The van der Waals surface area contributed by atoms with Crippen LogP contribution in [0.25, 0.3) is 0 Å². The van der Waals surface area contributed by atoms with Crippen molar-refractivity contribution in [1.82, 2.24) is 0 Å². The van der Waals surface area contributed by atoms with Gasteiger partial charge >= 0.3 is 7.82 Å². The van der Waals surface area contributed by atoms with Gasteiger partial charge in [-0.1, -0.05) is 0 Å². The Morgan fingerprint density at radius 3 is 2.79 bits per heavy atom. The Bertz CT molecular complexity index is 294. The molecule has 0 saturated carbocycles. The Morgan fingerprint density at radius 1 is 1.57 bits per heavy atom. The first kappa shape index (κ1) is 10.5. The smallest absolute Gasteiger partial charge is 0.394 e. The highest BCUT2D eigenvalue weighted by atomic mass is 31.2. The molecule has 14 heavy (non-hydrogen) atoms. The van der Waals surface area contributed by atoms with Gasteiger partial charge in [-0.25, -0.2) is 4.57 Å². The molecule has 7 heteroatoms. The van der Waals surface area contributed by atoms with E-state index in [1.165, 1.54) is 0 Å². The van der Waals surface area contributed by atoms with Crippen LogP contribution in [0.15, 0.2) is 0 Å². The van der Waals surface area contributed by atoms with Gasteiger partial charge in [0.25, 0.3) is 0 Å². The summed E-state index contributed by atoms with van der Waals surface area (Å²) < 4.78 is 26.4. The molecule has 0 aromatic carbocycles. The standard InChI is InChI=1S/C7H13O6P/c1-4-7(2)6(5(3-8)11-4)12-14(9,10)13-7/h4-6,8H,3H2,1-2H3,(H,9,10)/t4-,5+,6-,7?/m0/s1. The van der Waals surface area contributed by atoms with Gasteiger partial charge < -0.3 is 14.7 Å². The fourth-order valence-electron chi connectivity index (χ4n) is 1.92. The topological polar surface area (TPSA) is 85.2 Å². The van der Waals surface area contributed by atoms with Crippen molar-refractivity contribution in [1.29, 1.82) is 0 Å². The second-order valence-electron chi connectivity index (χ2n) is 3.77. The van der Waals surface area contributed by atoms with Gasteiger partial charge in [0.15, 0.2) is 0 Å². The molecular formula is C7H13O6P. The van der Waals surface area contributed by atoms with E-state index in [1.807, 2.05) is 0 Å². The van der Waals surface area contributed by atoms with E-state index in [1.54, 1.807) is 13.8 Å². The quantitative estimate of drug-likeness (QED) is 0.612. The molecule has 6 nitrogen and oxygen atoms in total. The molecule has 0 spiro atoms. The number of aliphatic hydroxyl groups is 1. The van der Waals surface area contributed by atoms with Crippen molar-refractivity contribution in [2.24, 2.45) is 0 Å². The highest BCUT2D eigenvalue weighted by Gasteiger charge is 2.63. The summed E-state index contributed by atoms with van der Waals surface area (Å²) in [6, 6.07) is 0. The van der Waals surface area contributed by atoms with Crippen molar-refractivity contribution in [2.45, 2.75) is 37.8 Å². The van der Waals surface area contributed by atoms with Gasteiger partial charge in [0.05, 0.1) is 12.7 Å². The molecule has 2 aliphatic rings. The van der Waals surface area contributed by atoms with Gasteiger partial charge in [0.1, 0.15) is 17.8 Å². The molecule has 2 heterocycles. The molecule has 0 aromatic heterocycles. The zero-order valence-electron chi connectivity index (χ0n) is 7.91. The largest absolute Gasteiger partial charge is 0.473 e. The highest BCUT2D eigenvalue weighted by molar-refractivity contribution is 7.47. The van der Waals surface area contributed by atoms with E-state index in [4.69, 9.17) is 18.9 Å². The SMILES string of the molecule is C[C@@H]1O[C@H](CO)[C@@H]2OP(=O)(O)OC12C. The summed E-state index contributed by atoms with van der Waals surface area (Å²) in [5, 5.41) is 8.98. The number of phosphoric ester groups is 1. The molecule has 2 N–H and O–H groups in total. The molecular weight excluding hydrogens is 211 g/mol. The third-order valence-corrected chi connectivity index (χ3v) is 3.95. The van der Waals surface area contributed by atoms with Gasteiger partial charge in [-0.05, 0) is 13.8 Å². The molecule has 0 aromatic rings. The number of aliphatic hydroxyl groups excluding tert-OH is 1. The first-order chi connectivity index (χ1) is 6.39. The number of rotatable bonds is 1. The normalized spacial score (nSPS) is 57.6. The number of fused-ring (bicyclic) bond motifs is 1. The van der Waals surface area contributed by atoms with Crippen LogP contribution < -0.4 is 0 Å². The van der Waals surface area contributed by atoms with E-state index in [0.717, 1.165) is 0 Å². The van der Waals surface area contributed by atoms with Crippen LogP contribution in [0.2, 0.25) is 0 Å². The van der Waals surface area contributed by atoms with Crippen molar-refractivity contribution in [3.63, 3.8) is 0 Å². The van der Waals surface area contributed by atoms with Crippen LogP contribution in [-0.4, -0.2) is 40.5 Å². The summed E-state index contributed by atoms with van der Waals surface area (Å²) in [6.07, 6.45) is -1.66. The number of hydrogen-bond donors (Lipinski definition) is 2. The van der Waals surface area contributed by atoms with Gasteiger partial charge in [-0.2, -0.15) is 0 Å². The first-order valence-corrected chi connectivity index (χ1v) is 5.87. The minimum atomic E-state index is -3.97. The van der Waals surface area contributed by atoms with Crippen LogP contribution in [0.4, 0.5) is 0 Å². The van der Waals surface area contributed by atoms with Gasteiger partial charge in [-0.15, -0.1) is 0 Å². The molecule has 0 amide bonds. The second-order valence-corrected chi connectivity index (χ2v) is 5.10. The van der Waals surface area contributed by atoms with Crippen LogP contribution in [0.3, 0.4) is 0 Å². The van der Waals surface area contributed by atoms with E-state index in [9.17, 15) is 9.46 Å². The molecule has 2 fully saturated rings. The van der Waals surface area contributed by atoms with Crippen LogP contribution in [-0.2, 0) is 18.3 Å². The molecule has 5 atom stereocenters. The van der Waals surface area contributed by atoms with Crippen LogP contribution in [0.5, 0.6) is 0 Å². The molecule has 0 radical (unpaired) electrons. The molecule has 0 bridgehead atoms. The molecule has 2 saturated heterocycles. The predicted molar refractivity (Wildman–Crippen MR) is 45.6 cm³/mol. The maximum absolute atomic E-state index is 11.2. The summed E-state index contributed by atoms with van der Waals surface area (Å²) in [6.45, 7) is 3.11. The third kappa shape index (κ3) is 1.34. The predicted octanol–water partition coefficient (Wildman–Crippen LogP) is 0.0405. The van der Waals surface area contributed by atoms with Crippen LogP contribution >= 0.6 is 7.82 Å². The molecule has 2 aliphatic heterocycles. The maximum atomic E-state index is 11.2.